The van der Waals surface area contributed by atoms with Gasteiger partial charge < -0.3 is 19.7 Å². The van der Waals surface area contributed by atoms with Crippen LogP contribution in [0, 0.1) is 0 Å². The lowest BCUT2D eigenvalue weighted by molar-refractivity contribution is -0.138. The number of nitrogens with one attached hydrogen (secondary N) is 1. The third kappa shape index (κ3) is 11.2. The lowest BCUT2D eigenvalue weighted by atomic mass is 10.2. The van der Waals surface area contributed by atoms with Crippen molar-refractivity contribution < 1.29 is 40.6 Å². The van der Waals surface area contributed by atoms with Crippen LogP contribution in [0.4, 0.5) is 31.1 Å². The Bertz CT molecular complexity index is 878. The summed E-state index contributed by atoms with van der Waals surface area (Å²) in [6.45, 7) is 1.20. The van der Waals surface area contributed by atoms with Gasteiger partial charge in [-0.25, -0.2) is 0 Å². The molecule has 184 valence electrons. The number of hydrogen-bond acceptors (Lipinski definition) is 4. The molecule has 33 heavy (non-hydrogen) atoms. The van der Waals surface area contributed by atoms with Gasteiger partial charge in [-0.3, -0.25) is 4.79 Å². The van der Waals surface area contributed by atoms with E-state index in [0.29, 0.717) is 13.2 Å². The predicted octanol–water partition coefficient (Wildman–Crippen LogP) is 5.68. The van der Waals surface area contributed by atoms with Gasteiger partial charge in [0.05, 0.1) is 17.7 Å². The van der Waals surface area contributed by atoms with Crippen LogP contribution in [0.2, 0.25) is 0 Å². The molecule has 0 heterocycles. The number of benzene rings is 2. The number of ether oxygens (including phenoxy) is 2. The maximum absolute atomic E-state index is 12.4. The summed E-state index contributed by atoms with van der Waals surface area (Å²) < 4.78 is 84.3. The number of hydrogen-bond donors (Lipinski definition) is 1. The zero-order chi connectivity index (χ0) is 25.1. The van der Waals surface area contributed by atoms with E-state index >= 15 is 0 Å². The fraction of sp³-hybridized carbons (Fsp3) is 0.381. The van der Waals surface area contributed by atoms with E-state index in [9.17, 15) is 31.1 Å². The van der Waals surface area contributed by atoms with Gasteiger partial charge in [-0.05, 0) is 55.0 Å². The average molecular weight is 501 g/mol. The fourth-order valence-corrected chi connectivity index (χ4v) is 2.27. The molecule has 2 aromatic rings. The summed E-state index contributed by atoms with van der Waals surface area (Å²) in [5.41, 5.74) is -1.47. The van der Waals surface area contributed by atoms with Crippen molar-refractivity contribution in [2.24, 2.45) is 0 Å². The summed E-state index contributed by atoms with van der Waals surface area (Å²) in [7, 11) is 3.21. The van der Waals surface area contributed by atoms with Crippen LogP contribution in [0.25, 0.3) is 0 Å². The summed E-state index contributed by atoms with van der Waals surface area (Å²) >= 11 is 5.18. The van der Waals surface area contributed by atoms with Gasteiger partial charge in [0, 0.05) is 13.6 Å². The second-order valence-corrected chi connectivity index (χ2v) is 6.85. The van der Waals surface area contributed by atoms with Crippen molar-refractivity contribution in [1.82, 2.24) is 10.2 Å². The van der Waals surface area contributed by atoms with E-state index in [-0.39, 0.29) is 24.7 Å². The van der Waals surface area contributed by atoms with Gasteiger partial charge in [0.25, 0.3) is 0 Å². The molecule has 0 aromatic heterocycles. The highest BCUT2D eigenvalue weighted by Gasteiger charge is 2.31. The number of nitrogens with zero attached hydrogens (tertiary/aromatic N) is 1. The van der Waals surface area contributed by atoms with Crippen molar-refractivity contribution in [3.8, 4) is 11.5 Å². The quantitative estimate of drug-likeness (QED) is 0.219. The Balaban J connectivity index is 0.000000335. The molecule has 0 aliphatic heterocycles. The Morgan fingerprint density at radius 2 is 1.36 bits per heavy atom. The average Bonchev–Trinajstić information content (AvgIpc) is 2.73. The SMILES string of the molecule is CN(CCOc1cccc(C(F)(F)F)c1)C(=O)Cl.CNCCOc1cccc(C(F)(F)F)c1. The molecule has 0 unspecified atom stereocenters. The van der Waals surface area contributed by atoms with Gasteiger partial charge in [0.1, 0.15) is 24.7 Å². The van der Waals surface area contributed by atoms with E-state index in [1.54, 1.807) is 7.05 Å². The van der Waals surface area contributed by atoms with Crippen LogP contribution >= 0.6 is 11.6 Å². The molecule has 0 saturated heterocycles. The highest BCUT2D eigenvalue weighted by Crippen LogP contribution is 2.32. The predicted molar refractivity (Wildman–Crippen MR) is 112 cm³/mol. The molecule has 0 aliphatic rings. The minimum Gasteiger partial charge on any atom is -0.492 e. The second kappa shape index (κ2) is 13.1. The van der Waals surface area contributed by atoms with E-state index in [1.165, 1.54) is 36.2 Å². The number of amides is 1. The van der Waals surface area contributed by atoms with Gasteiger partial charge in [-0.15, -0.1) is 0 Å². The van der Waals surface area contributed by atoms with E-state index in [0.717, 1.165) is 24.3 Å². The lowest BCUT2D eigenvalue weighted by Crippen LogP contribution is -2.26. The van der Waals surface area contributed by atoms with E-state index < -0.39 is 28.8 Å². The molecule has 2 rings (SSSR count). The van der Waals surface area contributed by atoms with Crippen molar-refractivity contribution >= 4 is 17.0 Å². The van der Waals surface area contributed by atoms with Crippen molar-refractivity contribution in [2.75, 3.05) is 40.4 Å². The van der Waals surface area contributed by atoms with E-state index in [1.807, 2.05) is 0 Å². The third-order valence-electron chi connectivity index (χ3n) is 3.94. The molecule has 12 heteroatoms. The molecule has 5 nitrogen and oxygen atoms in total. The normalized spacial score (nSPS) is 11.3. The maximum Gasteiger partial charge on any atom is 0.416 e. The molecule has 1 N–H and O–H groups in total. The highest BCUT2D eigenvalue weighted by molar-refractivity contribution is 6.62. The second-order valence-electron chi connectivity index (χ2n) is 6.53. The first-order valence-electron chi connectivity index (χ1n) is 9.50. The minimum atomic E-state index is -4.40. The Morgan fingerprint density at radius 1 is 0.909 bits per heavy atom. The fourth-order valence-electron chi connectivity index (χ4n) is 2.18. The van der Waals surface area contributed by atoms with Gasteiger partial charge in [0.2, 0.25) is 0 Å². The first-order valence-corrected chi connectivity index (χ1v) is 9.87. The van der Waals surface area contributed by atoms with Crippen LogP contribution in [0.1, 0.15) is 11.1 Å². The molecule has 2 aromatic carbocycles. The van der Waals surface area contributed by atoms with Gasteiger partial charge in [-0.1, -0.05) is 12.1 Å². The summed E-state index contributed by atoms with van der Waals surface area (Å²) in [5.74, 6) is 0.334. The lowest BCUT2D eigenvalue weighted by Gasteiger charge is -2.14. The molecule has 0 bridgehead atoms. The molecular weight excluding hydrogens is 478 g/mol. The molecule has 0 radical (unpaired) electrons. The summed E-state index contributed by atoms with van der Waals surface area (Å²) in [6, 6.07) is 9.39. The number of likely N-dealkylation sites (N-methyl/N-ethyl adjacent to an activating group) is 2. The van der Waals surface area contributed by atoms with Crippen LogP contribution in [0.3, 0.4) is 0 Å². The summed E-state index contributed by atoms with van der Waals surface area (Å²) in [4.78, 5) is 11.8. The molecule has 0 atom stereocenters. The first-order chi connectivity index (χ1) is 15.3. The Kier molecular flexibility index (Phi) is 11.3. The third-order valence-corrected chi connectivity index (χ3v) is 4.23. The molecular formula is C21H23ClF6N2O3. The van der Waals surface area contributed by atoms with Crippen LogP contribution in [0.5, 0.6) is 11.5 Å². The molecule has 0 fully saturated rings. The van der Waals surface area contributed by atoms with E-state index in [4.69, 9.17) is 21.1 Å². The molecule has 0 aliphatic carbocycles. The van der Waals surface area contributed by atoms with Crippen LogP contribution in [-0.4, -0.2) is 50.7 Å². The number of carbonyl (C=O) groups is 1. The zero-order valence-electron chi connectivity index (χ0n) is 17.8. The monoisotopic (exact) mass is 500 g/mol. The van der Waals surface area contributed by atoms with Crippen molar-refractivity contribution in [1.29, 1.82) is 0 Å². The number of halogens is 7. The molecule has 1 amide bonds. The number of carbonyl (C=O) groups excluding carboxylic acids is 1. The van der Waals surface area contributed by atoms with Crippen molar-refractivity contribution in [2.45, 2.75) is 12.4 Å². The number of rotatable bonds is 8. The van der Waals surface area contributed by atoms with Gasteiger partial charge >= 0.3 is 17.7 Å². The first kappa shape index (κ1) is 28.4. The summed E-state index contributed by atoms with van der Waals surface area (Å²) in [6.07, 6.45) is -8.72. The molecule has 0 spiro atoms. The summed E-state index contributed by atoms with van der Waals surface area (Å²) in [5, 5.41) is 2.19. The topological polar surface area (TPSA) is 50.8 Å². The smallest absolute Gasteiger partial charge is 0.416 e. The number of alkyl halides is 6. The standard InChI is InChI=1S/C11H11ClF3NO2.C10H12F3NO/c1-16(10(12)17)5-6-18-9-4-2-3-8(7-9)11(13,14)15;1-14-5-6-15-9-4-2-3-8(7-9)10(11,12)13/h2-4,7H,5-6H2,1H3;2-4,7,14H,5-6H2,1H3. The Morgan fingerprint density at radius 3 is 1.76 bits per heavy atom. The largest absolute Gasteiger partial charge is 0.492 e. The van der Waals surface area contributed by atoms with Crippen molar-refractivity contribution in [3.63, 3.8) is 0 Å². The van der Waals surface area contributed by atoms with Crippen molar-refractivity contribution in [3.05, 3.63) is 59.7 Å². The van der Waals surface area contributed by atoms with Crippen LogP contribution in [-0.2, 0) is 12.4 Å². The van der Waals surface area contributed by atoms with Gasteiger partial charge in [-0.2, -0.15) is 26.3 Å². The van der Waals surface area contributed by atoms with Crippen LogP contribution < -0.4 is 14.8 Å². The Hall–Kier alpha value is -2.66. The minimum absolute atomic E-state index is 0.0657. The van der Waals surface area contributed by atoms with Gasteiger partial charge in [0.15, 0.2) is 0 Å². The zero-order valence-corrected chi connectivity index (χ0v) is 18.5. The highest BCUT2D eigenvalue weighted by atomic mass is 35.5. The van der Waals surface area contributed by atoms with Crippen LogP contribution in [0.15, 0.2) is 48.5 Å². The Labute approximate surface area is 192 Å². The maximum atomic E-state index is 12.4. The molecule has 0 saturated carbocycles. The van der Waals surface area contributed by atoms with E-state index in [2.05, 4.69) is 5.32 Å².